The zero-order valence-electron chi connectivity index (χ0n) is 6.79. The smallest absolute Gasteiger partial charge is 0.0868 e. The molecule has 1 heterocycles. The number of hydrogen-bond donors (Lipinski definition) is 0. The fourth-order valence-corrected chi connectivity index (χ4v) is 1.39. The van der Waals surface area contributed by atoms with Crippen molar-refractivity contribution >= 4 is 35.2 Å². The van der Waals surface area contributed by atoms with E-state index in [2.05, 4.69) is 39.4 Å². The van der Waals surface area contributed by atoms with Crippen LogP contribution in [0.3, 0.4) is 0 Å². The topological polar surface area (TPSA) is 25.8 Å². The molecule has 0 aliphatic heterocycles. The maximum atomic E-state index is 3.86. The van der Waals surface area contributed by atoms with Crippen molar-refractivity contribution < 1.29 is 0 Å². The molecule has 1 aromatic rings. The molecular formula is C9H9IN2. The molecule has 1 aromatic heterocycles. The van der Waals surface area contributed by atoms with E-state index in [1.807, 2.05) is 25.2 Å². The summed E-state index contributed by atoms with van der Waals surface area (Å²) in [6, 6.07) is 0. The van der Waals surface area contributed by atoms with Crippen LogP contribution in [0.2, 0.25) is 0 Å². The average molecular weight is 272 g/mol. The Morgan fingerprint density at radius 3 is 2.92 bits per heavy atom. The van der Waals surface area contributed by atoms with Gasteiger partial charge in [-0.2, -0.15) is 10.2 Å². The van der Waals surface area contributed by atoms with Crippen molar-refractivity contribution in [2.45, 2.75) is 6.92 Å². The summed E-state index contributed by atoms with van der Waals surface area (Å²) in [5.41, 5.74) is 0. The molecule has 0 spiro atoms. The molecule has 0 saturated heterocycles. The lowest BCUT2D eigenvalue weighted by Crippen LogP contribution is -2.30. The van der Waals surface area contributed by atoms with Gasteiger partial charge in [0.1, 0.15) is 0 Å². The van der Waals surface area contributed by atoms with Crippen LogP contribution < -0.4 is 10.6 Å². The van der Waals surface area contributed by atoms with Crippen LogP contribution in [0.15, 0.2) is 18.3 Å². The van der Waals surface area contributed by atoms with Crippen LogP contribution >= 0.6 is 22.6 Å². The Kier molecular flexibility index (Phi) is 3.40. The highest BCUT2D eigenvalue weighted by atomic mass is 127. The van der Waals surface area contributed by atoms with Crippen molar-refractivity contribution in [3.8, 4) is 0 Å². The van der Waals surface area contributed by atoms with E-state index in [-0.39, 0.29) is 0 Å². The number of halogens is 1. The van der Waals surface area contributed by atoms with Gasteiger partial charge < -0.3 is 0 Å². The molecule has 0 aliphatic rings. The Morgan fingerprint density at radius 2 is 2.33 bits per heavy atom. The first-order chi connectivity index (χ1) is 5.75. The van der Waals surface area contributed by atoms with Crippen molar-refractivity contribution in [1.29, 1.82) is 0 Å². The first-order valence-electron chi connectivity index (χ1n) is 3.55. The quantitative estimate of drug-likeness (QED) is 0.708. The number of aromatic nitrogens is 2. The number of nitrogens with zero attached hydrogens (tertiary/aromatic N) is 2. The second-order valence-corrected chi connectivity index (χ2v) is 3.41. The van der Waals surface area contributed by atoms with E-state index in [4.69, 9.17) is 0 Å². The highest BCUT2D eigenvalue weighted by Crippen LogP contribution is 1.89. The van der Waals surface area contributed by atoms with Crippen molar-refractivity contribution in [2.75, 3.05) is 0 Å². The second kappa shape index (κ2) is 4.35. The summed E-state index contributed by atoms with van der Waals surface area (Å²) in [7, 11) is 0. The van der Waals surface area contributed by atoms with Gasteiger partial charge >= 0.3 is 0 Å². The number of hydrogen-bond acceptors (Lipinski definition) is 2. The van der Waals surface area contributed by atoms with Crippen molar-refractivity contribution in [1.82, 2.24) is 10.2 Å². The van der Waals surface area contributed by atoms with Crippen LogP contribution in [-0.2, 0) is 0 Å². The van der Waals surface area contributed by atoms with Gasteiger partial charge in [-0.1, -0.05) is 24.8 Å². The third-order valence-electron chi connectivity index (χ3n) is 1.37. The van der Waals surface area contributed by atoms with Crippen LogP contribution in [0.5, 0.6) is 0 Å². The summed E-state index contributed by atoms with van der Waals surface area (Å²) in [6.07, 6.45) is 7.65. The highest BCUT2D eigenvalue weighted by molar-refractivity contribution is 14.1. The molecule has 0 fully saturated rings. The lowest BCUT2D eigenvalue weighted by molar-refractivity contribution is 0.974. The van der Waals surface area contributed by atoms with Gasteiger partial charge in [0.15, 0.2) is 0 Å². The first kappa shape index (κ1) is 9.38. The van der Waals surface area contributed by atoms with Crippen molar-refractivity contribution in [2.24, 2.45) is 0 Å². The summed E-state index contributed by atoms with van der Waals surface area (Å²) in [6.45, 7) is 5.76. The fourth-order valence-electron chi connectivity index (χ4n) is 0.779. The normalized spacial score (nSPS) is 12.7. The molecule has 0 saturated carbocycles. The molecule has 62 valence electrons. The molecule has 12 heavy (non-hydrogen) atoms. The van der Waals surface area contributed by atoms with Gasteiger partial charge in [0.2, 0.25) is 0 Å². The third-order valence-corrected chi connectivity index (χ3v) is 2.23. The van der Waals surface area contributed by atoms with Gasteiger partial charge in [-0.25, -0.2) is 0 Å². The van der Waals surface area contributed by atoms with Gasteiger partial charge in [0, 0.05) is 8.79 Å². The van der Waals surface area contributed by atoms with Gasteiger partial charge in [-0.05, 0) is 29.5 Å². The molecule has 0 radical (unpaired) electrons. The van der Waals surface area contributed by atoms with Crippen LogP contribution in [0.4, 0.5) is 0 Å². The van der Waals surface area contributed by atoms with Crippen LogP contribution in [0.25, 0.3) is 12.7 Å². The summed E-state index contributed by atoms with van der Waals surface area (Å²) in [4.78, 5) is 0. The number of rotatable bonds is 1. The van der Waals surface area contributed by atoms with E-state index < -0.39 is 0 Å². The maximum Gasteiger partial charge on any atom is 0.0868 e. The molecule has 0 amide bonds. The van der Waals surface area contributed by atoms with E-state index in [1.54, 1.807) is 6.20 Å². The summed E-state index contributed by atoms with van der Waals surface area (Å²) in [5.74, 6) is 0. The molecule has 0 aromatic carbocycles. The molecular weight excluding hydrogens is 263 g/mol. The van der Waals surface area contributed by atoms with Gasteiger partial charge in [0.05, 0.1) is 11.5 Å². The Balaban J connectivity index is 3.41. The minimum Gasteiger partial charge on any atom is -0.157 e. The fraction of sp³-hybridized carbons (Fsp3) is 0.111. The van der Waals surface area contributed by atoms with Crippen LogP contribution in [0, 0.1) is 3.57 Å². The molecule has 0 N–H and O–H groups in total. The Labute approximate surface area is 84.9 Å². The van der Waals surface area contributed by atoms with E-state index in [1.165, 1.54) is 0 Å². The summed E-state index contributed by atoms with van der Waals surface area (Å²) >= 11 is 2.22. The SMILES string of the molecule is C=c1nncc(I)/c1=C/C=C\C. The zero-order chi connectivity index (χ0) is 8.97. The monoisotopic (exact) mass is 272 g/mol. The Morgan fingerprint density at radius 1 is 1.58 bits per heavy atom. The minimum atomic E-state index is 0.722. The van der Waals surface area contributed by atoms with Crippen molar-refractivity contribution in [3.63, 3.8) is 0 Å². The molecule has 0 aliphatic carbocycles. The highest BCUT2D eigenvalue weighted by Gasteiger charge is 1.89. The largest absolute Gasteiger partial charge is 0.157 e. The van der Waals surface area contributed by atoms with E-state index in [0.717, 1.165) is 14.1 Å². The molecule has 0 bridgehead atoms. The van der Waals surface area contributed by atoms with Crippen LogP contribution in [-0.4, -0.2) is 10.2 Å². The predicted octanol–water partition coefficient (Wildman–Crippen LogP) is 0.848. The molecule has 2 nitrogen and oxygen atoms in total. The number of allylic oxidation sites excluding steroid dienone is 2. The minimum absolute atomic E-state index is 0.722. The lowest BCUT2D eigenvalue weighted by Gasteiger charge is -1.89. The molecule has 3 heteroatoms. The lowest BCUT2D eigenvalue weighted by atomic mass is 10.3. The molecule has 0 atom stereocenters. The second-order valence-electron chi connectivity index (χ2n) is 2.25. The summed E-state index contributed by atoms with van der Waals surface area (Å²) < 4.78 is 1.07. The van der Waals surface area contributed by atoms with Gasteiger partial charge in [0.25, 0.3) is 0 Å². The molecule has 0 unspecified atom stereocenters. The van der Waals surface area contributed by atoms with Crippen molar-refractivity contribution in [3.05, 3.63) is 32.5 Å². The standard InChI is InChI=1S/C9H9IN2/c1-3-4-5-8-7(2)12-11-6-9(8)10/h3-6H,2H2,1H3/b4-3-,8-5+. The third kappa shape index (κ3) is 2.14. The zero-order valence-corrected chi connectivity index (χ0v) is 8.95. The van der Waals surface area contributed by atoms with E-state index in [0.29, 0.717) is 0 Å². The van der Waals surface area contributed by atoms with Gasteiger partial charge in [-0.15, -0.1) is 0 Å². The van der Waals surface area contributed by atoms with Gasteiger partial charge in [-0.3, -0.25) is 0 Å². The van der Waals surface area contributed by atoms with Crippen LogP contribution in [0.1, 0.15) is 6.92 Å². The maximum absolute atomic E-state index is 3.86. The Bertz CT molecular complexity index is 395. The molecule has 1 rings (SSSR count). The van der Waals surface area contributed by atoms with E-state index >= 15 is 0 Å². The predicted molar refractivity (Wildman–Crippen MR) is 58.8 cm³/mol. The average Bonchev–Trinajstić information content (AvgIpc) is 2.04. The summed E-state index contributed by atoms with van der Waals surface area (Å²) in [5, 5.41) is 9.42. The van der Waals surface area contributed by atoms with E-state index in [9.17, 15) is 0 Å². The Hall–Kier alpha value is -0.710. The first-order valence-corrected chi connectivity index (χ1v) is 4.62.